The van der Waals surface area contributed by atoms with E-state index in [1.807, 2.05) is 0 Å². The fraction of sp³-hybridized carbons (Fsp3) is 0.643. The number of alkyl halides is 3. The van der Waals surface area contributed by atoms with Gasteiger partial charge in [0, 0.05) is 0 Å². The van der Waals surface area contributed by atoms with Crippen LogP contribution in [0.4, 0.5) is 19.0 Å². The molecule has 0 radical (unpaired) electrons. The number of nitrogens with zero attached hydrogens (tertiary/aromatic N) is 2. The van der Waals surface area contributed by atoms with Gasteiger partial charge in [-0.2, -0.15) is 13.2 Å². The number of aliphatic carboxylic acids is 1. The lowest BCUT2D eigenvalue weighted by Gasteiger charge is -2.35. The first-order valence-electron chi connectivity index (χ1n) is 7.43. The average molecular weight is 363 g/mol. The first-order chi connectivity index (χ1) is 11.6. The van der Waals surface area contributed by atoms with E-state index in [4.69, 9.17) is 14.2 Å². The number of nitrogens with one attached hydrogen (secondary N) is 1. The van der Waals surface area contributed by atoms with Crippen molar-refractivity contribution >= 4 is 11.8 Å². The topological polar surface area (TPSA) is 103 Å². The summed E-state index contributed by atoms with van der Waals surface area (Å²) in [5, 5.41) is 12.1. The second-order valence-electron chi connectivity index (χ2n) is 6.19. The number of ether oxygens (including phenoxy) is 3. The summed E-state index contributed by atoms with van der Waals surface area (Å²) in [7, 11) is 0. The molecule has 3 heterocycles. The lowest BCUT2D eigenvalue weighted by Crippen LogP contribution is -2.56. The van der Waals surface area contributed by atoms with Crippen LogP contribution in [0.25, 0.3) is 0 Å². The minimum Gasteiger partial charge on any atom is -0.479 e. The molecule has 2 N–H and O–H groups in total. The molecule has 1 aromatic rings. The predicted molar refractivity (Wildman–Crippen MR) is 75.6 cm³/mol. The summed E-state index contributed by atoms with van der Waals surface area (Å²) in [6, 6.07) is -0.562. The number of carboxylic acid groups (broad SMARTS) is 1. The maximum Gasteiger partial charge on any atom is 0.434 e. The Kier molecular flexibility index (Phi) is 4.33. The van der Waals surface area contributed by atoms with Crippen LogP contribution in [0, 0.1) is 0 Å². The molecule has 0 amide bonds. The third-order valence-corrected chi connectivity index (χ3v) is 3.83. The van der Waals surface area contributed by atoms with Crippen molar-refractivity contribution in [1.29, 1.82) is 0 Å². The monoisotopic (exact) mass is 363 g/mol. The van der Waals surface area contributed by atoms with E-state index in [1.54, 1.807) is 13.8 Å². The molecule has 4 atom stereocenters. The molecule has 0 aliphatic carbocycles. The van der Waals surface area contributed by atoms with Crippen LogP contribution in [0.1, 0.15) is 19.5 Å². The molecule has 3 rings (SSSR count). The molecule has 0 spiro atoms. The fourth-order valence-corrected chi connectivity index (χ4v) is 2.83. The van der Waals surface area contributed by atoms with Crippen LogP contribution in [0.2, 0.25) is 0 Å². The Labute approximate surface area is 140 Å². The third kappa shape index (κ3) is 3.67. The van der Waals surface area contributed by atoms with Gasteiger partial charge in [-0.15, -0.1) is 0 Å². The van der Waals surface area contributed by atoms with Crippen LogP contribution in [0.15, 0.2) is 12.4 Å². The number of fused-ring (bicyclic) bond motifs is 1. The highest BCUT2D eigenvalue weighted by Crippen LogP contribution is 2.36. The number of rotatable bonds is 3. The number of aromatic nitrogens is 2. The molecular formula is C14H16F3N3O5. The summed E-state index contributed by atoms with van der Waals surface area (Å²) >= 11 is 0. The summed E-state index contributed by atoms with van der Waals surface area (Å²) in [5.74, 6) is -2.10. The van der Waals surface area contributed by atoms with E-state index in [1.165, 1.54) is 0 Å². The van der Waals surface area contributed by atoms with Crippen molar-refractivity contribution in [3.63, 3.8) is 0 Å². The summed E-state index contributed by atoms with van der Waals surface area (Å²) in [6.45, 7) is 3.23. The molecule has 0 saturated carbocycles. The number of anilines is 1. The van der Waals surface area contributed by atoms with Crippen molar-refractivity contribution in [2.45, 2.75) is 50.2 Å². The standard InChI is InChI=1S/C14H16F3N3O5/c1-13(2)24-9-6(5-23-11(12(21)22)10(9)25-13)20-8-4-18-7(3-19-8)14(15,16)17/h3-4,6,9-11H,5H2,1-2H3,(H,19,20)(H,21,22)/t6-,9+,10+,11-/m0/s1. The van der Waals surface area contributed by atoms with E-state index in [-0.39, 0.29) is 12.4 Å². The molecule has 138 valence electrons. The molecule has 0 unspecified atom stereocenters. The van der Waals surface area contributed by atoms with Gasteiger partial charge in [0.2, 0.25) is 0 Å². The highest BCUT2D eigenvalue weighted by Gasteiger charge is 2.54. The van der Waals surface area contributed by atoms with Gasteiger partial charge in [0.25, 0.3) is 0 Å². The quantitative estimate of drug-likeness (QED) is 0.828. The lowest BCUT2D eigenvalue weighted by atomic mass is 9.98. The van der Waals surface area contributed by atoms with Crippen molar-refractivity contribution in [2.24, 2.45) is 0 Å². The maximum absolute atomic E-state index is 12.5. The second kappa shape index (κ2) is 6.07. The second-order valence-corrected chi connectivity index (χ2v) is 6.19. The maximum atomic E-state index is 12.5. The Hall–Kier alpha value is -1.98. The summed E-state index contributed by atoms with van der Waals surface area (Å²) < 4.78 is 54.2. The molecule has 2 saturated heterocycles. The molecule has 2 aliphatic heterocycles. The predicted octanol–water partition coefficient (Wildman–Crippen LogP) is 1.28. The molecule has 0 bridgehead atoms. The zero-order chi connectivity index (χ0) is 18.4. The van der Waals surface area contributed by atoms with Gasteiger partial charge in [-0.05, 0) is 13.8 Å². The Balaban J connectivity index is 1.76. The largest absolute Gasteiger partial charge is 0.479 e. The van der Waals surface area contributed by atoms with Gasteiger partial charge in [0.1, 0.15) is 18.0 Å². The number of halogens is 3. The molecule has 8 nitrogen and oxygen atoms in total. The van der Waals surface area contributed by atoms with Gasteiger partial charge in [-0.25, -0.2) is 14.8 Å². The summed E-state index contributed by atoms with van der Waals surface area (Å²) in [4.78, 5) is 18.3. The van der Waals surface area contributed by atoms with E-state index in [9.17, 15) is 23.1 Å². The van der Waals surface area contributed by atoms with Crippen LogP contribution in [0.5, 0.6) is 0 Å². The Bertz CT molecular complexity index is 652. The number of carbonyl (C=O) groups is 1. The molecule has 11 heteroatoms. The lowest BCUT2D eigenvalue weighted by molar-refractivity contribution is -0.174. The van der Waals surface area contributed by atoms with Gasteiger partial charge in [-0.1, -0.05) is 0 Å². The van der Waals surface area contributed by atoms with Gasteiger partial charge in [-0.3, -0.25) is 0 Å². The van der Waals surface area contributed by atoms with Gasteiger partial charge in [0.05, 0.1) is 25.0 Å². The van der Waals surface area contributed by atoms with Crippen LogP contribution >= 0.6 is 0 Å². The summed E-state index contributed by atoms with van der Waals surface area (Å²) in [6.07, 6.45) is -5.74. The molecule has 25 heavy (non-hydrogen) atoms. The smallest absolute Gasteiger partial charge is 0.434 e. The van der Waals surface area contributed by atoms with E-state index >= 15 is 0 Å². The Morgan fingerprint density at radius 3 is 2.52 bits per heavy atom. The number of carboxylic acids is 1. The zero-order valence-electron chi connectivity index (χ0n) is 13.3. The van der Waals surface area contributed by atoms with Gasteiger partial charge >= 0.3 is 12.1 Å². The normalized spacial score (nSPS) is 31.4. The van der Waals surface area contributed by atoms with Gasteiger partial charge < -0.3 is 24.6 Å². The molecule has 2 fully saturated rings. The van der Waals surface area contributed by atoms with Crippen molar-refractivity contribution in [2.75, 3.05) is 11.9 Å². The molecule has 1 aromatic heterocycles. The highest BCUT2D eigenvalue weighted by atomic mass is 19.4. The average Bonchev–Trinajstić information content (AvgIpc) is 2.82. The van der Waals surface area contributed by atoms with Crippen molar-refractivity contribution in [1.82, 2.24) is 9.97 Å². The molecular weight excluding hydrogens is 347 g/mol. The highest BCUT2D eigenvalue weighted by molar-refractivity contribution is 5.73. The SMILES string of the molecule is CC1(C)O[C@@H]2[C@H](O1)[C@@H](Nc1cnc(C(F)(F)F)cn1)CO[C@@H]2C(=O)O. The summed E-state index contributed by atoms with van der Waals surface area (Å²) in [5.41, 5.74) is -1.11. The van der Waals surface area contributed by atoms with Crippen LogP contribution in [-0.2, 0) is 25.2 Å². The van der Waals surface area contributed by atoms with Crippen LogP contribution in [-0.4, -0.2) is 57.8 Å². The van der Waals surface area contributed by atoms with Crippen molar-refractivity contribution in [3.05, 3.63) is 18.1 Å². The van der Waals surface area contributed by atoms with E-state index in [0.717, 1.165) is 6.20 Å². The Morgan fingerprint density at radius 1 is 1.28 bits per heavy atom. The first-order valence-corrected chi connectivity index (χ1v) is 7.43. The molecule has 2 aliphatic rings. The van der Waals surface area contributed by atoms with Crippen molar-refractivity contribution < 1.29 is 37.3 Å². The number of hydrogen-bond acceptors (Lipinski definition) is 7. The minimum atomic E-state index is -4.58. The van der Waals surface area contributed by atoms with Crippen LogP contribution < -0.4 is 5.32 Å². The zero-order valence-corrected chi connectivity index (χ0v) is 13.3. The van der Waals surface area contributed by atoms with E-state index in [2.05, 4.69) is 15.3 Å². The third-order valence-electron chi connectivity index (χ3n) is 3.83. The molecule has 0 aromatic carbocycles. The first kappa shape index (κ1) is 17.8. The Morgan fingerprint density at radius 2 is 1.96 bits per heavy atom. The minimum absolute atomic E-state index is 0.0414. The van der Waals surface area contributed by atoms with E-state index < -0.39 is 48.0 Å². The van der Waals surface area contributed by atoms with Crippen LogP contribution in [0.3, 0.4) is 0 Å². The van der Waals surface area contributed by atoms with Gasteiger partial charge in [0.15, 0.2) is 17.6 Å². The fourth-order valence-electron chi connectivity index (χ4n) is 2.83. The number of hydrogen-bond donors (Lipinski definition) is 2. The van der Waals surface area contributed by atoms with E-state index in [0.29, 0.717) is 6.20 Å². The van der Waals surface area contributed by atoms with Crippen molar-refractivity contribution in [3.8, 4) is 0 Å².